The predicted molar refractivity (Wildman–Crippen MR) is 51.0 cm³/mol. The molecule has 0 amide bonds. The number of thiophene rings is 1. The fourth-order valence-electron chi connectivity index (χ4n) is 1.23. The molecule has 0 aromatic carbocycles. The summed E-state index contributed by atoms with van der Waals surface area (Å²) >= 11 is 1.73. The molecule has 0 saturated heterocycles. The average molecular weight is 180 g/mol. The highest BCUT2D eigenvalue weighted by atomic mass is 32.1. The molecule has 0 saturated carbocycles. The zero-order chi connectivity index (χ0) is 9.14. The molecule has 0 aliphatic heterocycles. The number of aryl methyl sites for hydroxylation is 2. The van der Waals surface area contributed by atoms with Crippen LogP contribution in [0.1, 0.15) is 27.8 Å². The Morgan fingerprint density at radius 3 is 2.75 bits per heavy atom. The summed E-state index contributed by atoms with van der Waals surface area (Å²) in [5, 5.41) is 8.47. The number of nitrogens with two attached hydrogens (primary N) is 1. The van der Waals surface area contributed by atoms with Gasteiger partial charge in [-0.1, -0.05) is 0 Å². The molecule has 1 aromatic rings. The maximum atomic E-state index is 8.47. The second-order valence-electron chi connectivity index (χ2n) is 2.84. The Balaban J connectivity index is 2.88. The van der Waals surface area contributed by atoms with Crippen LogP contribution in [0.2, 0.25) is 0 Å². The Morgan fingerprint density at radius 1 is 1.67 bits per heavy atom. The highest BCUT2D eigenvalue weighted by Gasteiger charge is 2.10. The molecular formula is C9H12N2S. The third-order valence-corrected chi connectivity index (χ3v) is 2.77. The van der Waals surface area contributed by atoms with Crippen molar-refractivity contribution in [2.75, 3.05) is 0 Å². The molecule has 3 heteroatoms. The largest absolute Gasteiger partial charge is 0.323 e. The van der Waals surface area contributed by atoms with Crippen LogP contribution in [0, 0.1) is 25.2 Å². The topological polar surface area (TPSA) is 49.8 Å². The van der Waals surface area contributed by atoms with Crippen molar-refractivity contribution in [2.24, 2.45) is 5.73 Å². The molecule has 0 spiro atoms. The lowest BCUT2D eigenvalue weighted by Crippen LogP contribution is -2.08. The molecule has 1 atom stereocenters. The fraction of sp³-hybridized carbons (Fsp3) is 0.444. The van der Waals surface area contributed by atoms with Gasteiger partial charge >= 0.3 is 0 Å². The van der Waals surface area contributed by atoms with Gasteiger partial charge in [0.1, 0.15) is 0 Å². The van der Waals surface area contributed by atoms with Crippen molar-refractivity contribution in [3.05, 3.63) is 21.4 Å². The van der Waals surface area contributed by atoms with Crippen molar-refractivity contribution in [2.45, 2.75) is 26.3 Å². The van der Waals surface area contributed by atoms with Gasteiger partial charge in [-0.15, -0.1) is 11.3 Å². The van der Waals surface area contributed by atoms with Gasteiger partial charge in [-0.25, -0.2) is 0 Å². The van der Waals surface area contributed by atoms with Gasteiger partial charge in [0, 0.05) is 15.8 Å². The van der Waals surface area contributed by atoms with Gasteiger partial charge in [-0.3, -0.25) is 0 Å². The minimum Gasteiger partial charge on any atom is -0.323 e. The Bertz CT molecular complexity index is 309. The van der Waals surface area contributed by atoms with E-state index < -0.39 is 0 Å². The first-order valence-corrected chi connectivity index (χ1v) is 4.66. The van der Waals surface area contributed by atoms with Crippen LogP contribution < -0.4 is 5.73 Å². The van der Waals surface area contributed by atoms with Crippen molar-refractivity contribution in [3.8, 4) is 6.07 Å². The molecule has 1 aromatic heterocycles. The van der Waals surface area contributed by atoms with E-state index in [-0.39, 0.29) is 6.04 Å². The fourth-order valence-corrected chi connectivity index (χ4v) is 2.22. The van der Waals surface area contributed by atoms with Crippen LogP contribution in [0.3, 0.4) is 0 Å². The molecule has 1 rings (SSSR count). The number of nitriles is 1. The van der Waals surface area contributed by atoms with E-state index >= 15 is 0 Å². The van der Waals surface area contributed by atoms with E-state index in [1.807, 2.05) is 6.92 Å². The first-order valence-electron chi connectivity index (χ1n) is 3.84. The molecule has 0 radical (unpaired) electrons. The monoisotopic (exact) mass is 180 g/mol. The van der Waals surface area contributed by atoms with Gasteiger partial charge in [-0.2, -0.15) is 5.26 Å². The summed E-state index contributed by atoms with van der Waals surface area (Å²) in [7, 11) is 0. The minimum absolute atomic E-state index is 0.111. The van der Waals surface area contributed by atoms with Gasteiger partial charge in [0.15, 0.2) is 0 Å². The molecule has 12 heavy (non-hydrogen) atoms. The van der Waals surface area contributed by atoms with Crippen LogP contribution >= 0.6 is 11.3 Å². The maximum absolute atomic E-state index is 8.47. The molecule has 0 aliphatic carbocycles. The quantitative estimate of drug-likeness (QED) is 0.759. The molecule has 1 heterocycles. The van der Waals surface area contributed by atoms with Crippen LogP contribution in [-0.4, -0.2) is 0 Å². The van der Waals surface area contributed by atoms with E-state index in [1.54, 1.807) is 11.3 Å². The first-order chi connectivity index (χ1) is 5.65. The Labute approximate surface area is 76.6 Å². The third kappa shape index (κ3) is 1.84. The standard InChI is InChI=1S/C9H12N2S/c1-6-5-8(7(2)12-6)9(11)3-4-10/h5,9H,3,11H2,1-2H3. The van der Waals surface area contributed by atoms with Crippen molar-refractivity contribution >= 4 is 11.3 Å². The summed E-state index contributed by atoms with van der Waals surface area (Å²) in [4.78, 5) is 2.49. The zero-order valence-corrected chi connectivity index (χ0v) is 8.11. The van der Waals surface area contributed by atoms with E-state index in [4.69, 9.17) is 11.0 Å². The molecule has 64 valence electrons. The van der Waals surface area contributed by atoms with Crippen molar-refractivity contribution in [1.29, 1.82) is 5.26 Å². The minimum atomic E-state index is -0.111. The van der Waals surface area contributed by atoms with E-state index in [2.05, 4.69) is 19.1 Å². The lowest BCUT2D eigenvalue weighted by atomic mass is 10.1. The first kappa shape index (κ1) is 9.24. The van der Waals surface area contributed by atoms with Crippen LogP contribution in [0.4, 0.5) is 0 Å². The van der Waals surface area contributed by atoms with Gasteiger partial charge < -0.3 is 5.73 Å². The Kier molecular flexibility index (Phi) is 2.85. The lowest BCUT2D eigenvalue weighted by Gasteiger charge is -2.05. The van der Waals surface area contributed by atoms with Crippen molar-refractivity contribution < 1.29 is 0 Å². The zero-order valence-electron chi connectivity index (χ0n) is 7.29. The lowest BCUT2D eigenvalue weighted by molar-refractivity contribution is 0.747. The summed E-state index contributed by atoms with van der Waals surface area (Å²) < 4.78 is 0. The molecule has 0 fully saturated rings. The van der Waals surface area contributed by atoms with E-state index in [0.717, 1.165) is 5.56 Å². The smallest absolute Gasteiger partial charge is 0.0641 e. The average Bonchev–Trinajstić information content (AvgIpc) is 2.30. The predicted octanol–water partition coefficient (Wildman–Crippen LogP) is 2.28. The number of nitrogens with zero attached hydrogens (tertiary/aromatic N) is 1. The van der Waals surface area contributed by atoms with Gasteiger partial charge in [0.2, 0.25) is 0 Å². The number of hydrogen-bond acceptors (Lipinski definition) is 3. The number of rotatable bonds is 2. The van der Waals surface area contributed by atoms with Crippen LogP contribution in [0.5, 0.6) is 0 Å². The summed E-state index contributed by atoms with van der Waals surface area (Å²) in [6, 6.07) is 4.04. The highest BCUT2D eigenvalue weighted by Crippen LogP contribution is 2.26. The second-order valence-corrected chi connectivity index (χ2v) is 4.30. The van der Waals surface area contributed by atoms with Crippen LogP contribution in [0.15, 0.2) is 6.07 Å². The van der Waals surface area contributed by atoms with E-state index in [1.165, 1.54) is 9.75 Å². The van der Waals surface area contributed by atoms with E-state index in [9.17, 15) is 0 Å². The SMILES string of the molecule is Cc1cc(C(N)CC#N)c(C)s1. The van der Waals surface area contributed by atoms with E-state index in [0.29, 0.717) is 6.42 Å². The van der Waals surface area contributed by atoms with Crippen molar-refractivity contribution in [3.63, 3.8) is 0 Å². The van der Waals surface area contributed by atoms with Gasteiger partial charge in [0.05, 0.1) is 12.5 Å². The Morgan fingerprint density at radius 2 is 2.33 bits per heavy atom. The normalized spacial score (nSPS) is 12.5. The summed E-state index contributed by atoms with van der Waals surface area (Å²) in [5.41, 5.74) is 6.93. The third-order valence-electron chi connectivity index (χ3n) is 1.79. The molecule has 1 unspecified atom stereocenters. The van der Waals surface area contributed by atoms with Gasteiger partial charge in [0.25, 0.3) is 0 Å². The molecule has 2 N–H and O–H groups in total. The van der Waals surface area contributed by atoms with Gasteiger partial charge in [-0.05, 0) is 25.5 Å². The molecule has 0 aliphatic rings. The second kappa shape index (κ2) is 3.70. The maximum Gasteiger partial charge on any atom is 0.0641 e. The summed E-state index contributed by atoms with van der Waals surface area (Å²) in [6.45, 7) is 4.10. The molecule has 0 bridgehead atoms. The van der Waals surface area contributed by atoms with Crippen LogP contribution in [0.25, 0.3) is 0 Å². The summed E-state index contributed by atoms with van der Waals surface area (Å²) in [6.07, 6.45) is 0.400. The summed E-state index contributed by atoms with van der Waals surface area (Å²) in [5.74, 6) is 0. The molecular weight excluding hydrogens is 168 g/mol. The van der Waals surface area contributed by atoms with Crippen molar-refractivity contribution in [1.82, 2.24) is 0 Å². The van der Waals surface area contributed by atoms with Crippen LogP contribution in [-0.2, 0) is 0 Å². The highest BCUT2D eigenvalue weighted by molar-refractivity contribution is 7.12. The number of hydrogen-bond donors (Lipinski definition) is 1. The Hall–Kier alpha value is -0.850. The molecule has 2 nitrogen and oxygen atoms in total.